The van der Waals surface area contributed by atoms with E-state index in [1.165, 1.54) is 30.4 Å². The van der Waals surface area contributed by atoms with Crippen molar-refractivity contribution >= 4 is 5.84 Å². The minimum atomic E-state index is 0.501. The maximum absolute atomic E-state index is 6.02. The van der Waals surface area contributed by atoms with Gasteiger partial charge in [0.05, 0.1) is 5.84 Å². The Balaban J connectivity index is 1.96. The first-order chi connectivity index (χ1) is 7.86. The zero-order valence-electron chi connectivity index (χ0n) is 9.52. The van der Waals surface area contributed by atoms with Gasteiger partial charge in [-0.25, -0.2) is 0 Å². The quantitative estimate of drug-likeness (QED) is 0.766. The molecule has 0 saturated heterocycles. The number of amidine groups is 1. The molecule has 1 aromatic rings. The molecule has 2 nitrogen and oxygen atoms in total. The maximum atomic E-state index is 6.02. The average Bonchev–Trinajstić information content (AvgIpc) is 2.75. The summed E-state index contributed by atoms with van der Waals surface area (Å²) in [5.74, 6) is 2.01. The summed E-state index contributed by atoms with van der Waals surface area (Å²) in [5, 5.41) is 0. The Morgan fingerprint density at radius 1 is 1.12 bits per heavy atom. The standard InChI is InChI=1S/C14H18N2/c15-14-13(8-9-16-14)12-7-3-5-10-4-1-2-6-11(10)12/h1-2,4,6,12-13H,3,5,7-9H2,(H2,15,16). The number of aliphatic imine (C=N–C) groups is 1. The van der Waals surface area contributed by atoms with Gasteiger partial charge in [0.15, 0.2) is 0 Å². The Hall–Kier alpha value is -1.31. The maximum Gasteiger partial charge on any atom is 0.0975 e. The van der Waals surface area contributed by atoms with Gasteiger partial charge in [-0.15, -0.1) is 0 Å². The van der Waals surface area contributed by atoms with E-state index in [9.17, 15) is 0 Å². The normalized spacial score (nSPS) is 28.6. The van der Waals surface area contributed by atoms with E-state index >= 15 is 0 Å². The number of nitrogens with two attached hydrogens (primary N) is 1. The van der Waals surface area contributed by atoms with E-state index in [2.05, 4.69) is 29.3 Å². The summed E-state index contributed by atoms with van der Waals surface area (Å²) in [6.07, 6.45) is 4.95. The third kappa shape index (κ3) is 1.53. The van der Waals surface area contributed by atoms with E-state index in [-0.39, 0.29) is 0 Å². The molecule has 2 N–H and O–H groups in total. The summed E-state index contributed by atoms with van der Waals surface area (Å²) in [6, 6.07) is 8.85. The van der Waals surface area contributed by atoms with Crippen LogP contribution in [0.15, 0.2) is 29.3 Å². The third-order valence-electron chi connectivity index (χ3n) is 4.02. The Morgan fingerprint density at radius 3 is 2.81 bits per heavy atom. The summed E-state index contributed by atoms with van der Waals surface area (Å²) in [7, 11) is 0. The van der Waals surface area contributed by atoms with Crippen LogP contribution in [0.5, 0.6) is 0 Å². The smallest absolute Gasteiger partial charge is 0.0975 e. The molecule has 0 saturated carbocycles. The van der Waals surface area contributed by atoms with E-state index in [4.69, 9.17) is 5.73 Å². The van der Waals surface area contributed by atoms with Crippen molar-refractivity contribution in [2.45, 2.75) is 31.6 Å². The summed E-state index contributed by atoms with van der Waals surface area (Å²) >= 11 is 0. The van der Waals surface area contributed by atoms with Crippen LogP contribution in [-0.4, -0.2) is 12.4 Å². The molecule has 2 atom stereocenters. The number of hydrogen-bond donors (Lipinski definition) is 1. The molecule has 0 amide bonds. The zero-order valence-corrected chi connectivity index (χ0v) is 9.52. The van der Waals surface area contributed by atoms with E-state index in [1.54, 1.807) is 0 Å². The second-order valence-electron chi connectivity index (χ2n) is 4.90. The fraction of sp³-hybridized carbons (Fsp3) is 0.500. The van der Waals surface area contributed by atoms with Crippen molar-refractivity contribution in [2.24, 2.45) is 16.6 Å². The molecule has 1 aliphatic carbocycles. The molecular formula is C14H18N2. The topological polar surface area (TPSA) is 38.4 Å². The van der Waals surface area contributed by atoms with Crippen molar-refractivity contribution in [1.82, 2.24) is 0 Å². The lowest BCUT2D eigenvalue weighted by Crippen LogP contribution is -2.28. The molecule has 16 heavy (non-hydrogen) atoms. The van der Waals surface area contributed by atoms with E-state index < -0.39 is 0 Å². The Labute approximate surface area is 96.6 Å². The lowest BCUT2D eigenvalue weighted by Gasteiger charge is -2.30. The number of aryl methyl sites for hydroxylation is 1. The van der Waals surface area contributed by atoms with Gasteiger partial charge < -0.3 is 5.73 Å². The van der Waals surface area contributed by atoms with Gasteiger partial charge >= 0.3 is 0 Å². The Morgan fingerprint density at radius 2 is 2.00 bits per heavy atom. The van der Waals surface area contributed by atoms with Crippen LogP contribution in [0, 0.1) is 5.92 Å². The first-order valence-corrected chi connectivity index (χ1v) is 6.24. The molecule has 2 heteroatoms. The summed E-state index contributed by atoms with van der Waals surface area (Å²) in [6.45, 7) is 0.926. The van der Waals surface area contributed by atoms with Crippen LogP contribution in [0.1, 0.15) is 36.3 Å². The van der Waals surface area contributed by atoms with Crippen molar-refractivity contribution in [1.29, 1.82) is 0 Å². The van der Waals surface area contributed by atoms with Crippen LogP contribution in [0.4, 0.5) is 0 Å². The number of nitrogens with zero attached hydrogens (tertiary/aromatic N) is 1. The van der Waals surface area contributed by atoms with Crippen molar-refractivity contribution in [2.75, 3.05) is 6.54 Å². The predicted molar refractivity (Wildman–Crippen MR) is 66.7 cm³/mol. The molecular weight excluding hydrogens is 196 g/mol. The molecule has 0 fully saturated rings. The van der Waals surface area contributed by atoms with Crippen molar-refractivity contribution in [3.05, 3.63) is 35.4 Å². The van der Waals surface area contributed by atoms with Crippen LogP contribution in [0.2, 0.25) is 0 Å². The highest BCUT2D eigenvalue weighted by Crippen LogP contribution is 2.39. The number of fused-ring (bicyclic) bond motifs is 1. The second kappa shape index (κ2) is 3.93. The summed E-state index contributed by atoms with van der Waals surface area (Å²) in [4.78, 5) is 4.36. The van der Waals surface area contributed by atoms with Gasteiger partial charge in [-0.2, -0.15) is 0 Å². The predicted octanol–water partition coefficient (Wildman–Crippen LogP) is 2.48. The average molecular weight is 214 g/mol. The number of benzene rings is 1. The minimum Gasteiger partial charge on any atom is -0.387 e. The second-order valence-corrected chi connectivity index (χ2v) is 4.90. The van der Waals surface area contributed by atoms with Crippen LogP contribution >= 0.6 is 0 Å². The van der Waals surface area contributed by atoms with Gasteiger partial charge in [0, 0.05) is 12.5 Å². The SMILES string of the molecule is NC1=NCCC1C1CCCc2ccccc21. The number of rotatable bonds is 1. The van der Waals surface area contributed by atoms with Gasteiger partial charge in [-0.3, -0.25) is 4.99 Å². The van der Waals surface area contributed by atoms with Crippen LogP contribution in [0.25, 0.3) is 0 Å². The number of hydrogen-bond acceptors (Lipinski definition) is 2. The minimum absolute atomic E-state index is 0.501. The largest absolute Gasteiger partial charge is 0.387 e. The highest BCUT2D eigenvalue weighted by Gasteiger charge is 2.31. The third-order valence-corrected chi connectivity index (χ3v) is 4.02. The fourth-order valence-corrected chi connectivity index (χ4v) is 3.21. The molecule has 0 radical (unpaired) electrons. The molecule has 2 unspecified atom stereocenters. The fourth-order valence-electron chi connectivity index (χ4n) is 3.21. The molecule has 1 aromatic carbocycles. The lowest BCUT2D eigenvalue weighted by atomic mass is 9.75. The van der Waals surface area contributed by atoms with Gasteiger partial charge in [0.1, 0.15) is 0 Å². The zero-order chi connectivity index (χ0) is 11.0. The molecule has 0 aromatic heterocycles. The molecule has 1 heterocycles. The monoisotopic (exact) mass is 214 g/mol. The Kier molecular flexibility index (Phi) is 2.43. The molecule has 84 valence electrons. The van der Waals surface area contributed by atoms with E-state index in [0.717, 1.165) is 18.8 Å². The van der Waals surface area contributed by atoms with Crippen molar-refractivity contribution in [3.8, 4) is 0 Å². The van der Waals surface area contributed by atoms with Gasteiger partial charge in [0.25, 0.3) is 0 Å². The molecule has 1 aliphatic heterocycles. The van der Waals surface area contributed by atoms with Gasteiger partial charge in [-0.1, -0.05) is 24.3 Å². The lowest BCUT2D eigenvalue weighted by molar-refractivity contribution is 0.457. The van der Waals surface area contributed by atoms with Crippen LogP contribution in [-0.2, 0) is 6.42 Å². The van der Waals surface area contributed by atoms with Crippen LogP contribution in [0.3, 0.4) is 0 Å². The highest BCUT2D eigenvalue weighted by atomic mass is 14.9. The Bertz CT molecular complexity index is 422. The molecule has 2 aliphatic rings. The van der Waals surface area contributed by atoms with Crippen molar-refractivity contribution < 1.29 is 0 Å². The highest BCUT2D eigenvalue weighted by molar-refractivity contribution is 5.85. The van der Waals surface area contributed by atoms with Gasteiger partial charge in [-0.05, 0) is 42.7 Å². The molecule has 0 bridgehead atoms. The molecule has 0 spiro atoms. The van der Waals surface area contributed by atoms with Crippen LogP contribution < -0.4 is 5.73 Å². The first-order valence-electron chi connectivity index (χ1n) is 6.24. The van der Waals surface area contributed by atoms with Gasteiger partial charge in [0.2, 0.25) is 0 Å². The summed E-state index contributed by atoms with van der Waals surface area (Å²) in [5.41, 5.74) is 9.07. The van der Waals surface area contributed by atoms with Crippen molar-refractivity contribution in [3.63, 3.8) is 0 Å². The molecule has 3 rings (SSSR count). The van der Waals surface area contributed by atoms with E-state index in [1.807, 2.05) is 0 Å². The summed E-state index contributed by atoms with van der Waals surface area (Å²) < 4.78 is 0. The first kappa shape index (κ1) is 9.88. The van der Waals surface area contributed by atoms with E-state index in [0.29, 0.717) is 11.8 Å².